The van der Waals surface area contributed by atoms with E-state index in [1.54, 1.807) is 0 Å². The summed E-state index contributed by atoms with van der Waals surface area (Å²) in [6.07, 6.45) is 1.10. The van der Waals surface area contributed by atoms with Crippen LogP contribution in [0.2, 0.25) is 0 Å². The molecule has 0 spiro atoms. The Morgan fingerprint density at radius 1 is 1.47 bits per heavy atom. The number of carbonyl (C=O) groups excluding carboxylic acids is 1. The zero-order valence-electron chi connectivity index (χ0n) is 8.53. The highest BCUT2D eigenvalue weighted by Crippen LogP contribution is 2.18. The largest absolute Gasteiger partial charge is 0.298 e. The molecule has 0 aromatic heterocycles. The van der Waals surface area contributed by atoms with Gasteiger partial charge in [-0.2, -0.15) is 5.26 Å². The highest BCUT2D eigenvalue weighted by atomic mass is 19.1. The Bertz CT molecular complexity index is 378. The number of hydrogen-bond acceptors (Lipinski definition) is 2. The number of halogens is 1. The van der Waals surface area contributed by atoms with Crippen molar-refractivity contribution in [2.24, 2.45) is 0 Å². The smallest absolute Gasteiger partial charge is 0.154 e. The second-order valence-electron chi connectivity index (χ2n) is 3.33. The molecule has 0 aliphatic rings. The van der Waals surface area contributed by atoms with Crippen molar-refractivity contribution < 1.29 is 9.18 Å². The van der Waals surface area contributed by atoms with E-state index in [-0.39, 0.29) is 11.6 Å². The Morgan fingerprint density at radius 3 is 2.53 bits per heavy atom. The maximum atomic E-state index is 12.6. The fourth-order valence-corrected chi connectivity index (χ4v) is 1.38. The summed E-state index contributed by atoms with van der Waals surface area (Å²) in [7, 11) is 0. The van der Waals surface area contributed by atoms with E-state index in [9.17, 15) is 9.18 Å². The first kappa shape index (κ1) is 11.4. The molecule has 1 unspecified atom stereocenters. The molecule has 1 aromatic carbocycles. The lowest BCUT2D eigenvalue weighted by atomic mass is 9.94. The summed E-state index contributed by atoms with van der Waals surface area (Å²) in [5.41, 5.74) is 0.567. The second-order valence-corrected chi connectivity index (χ2v) is 3.33. The van der Waals surface area contributed by atoms with Crippen LogP contribution in [0.15, 0.2) is 24.3 Å². The molecule has 0 aliphatic heterocycles. The average molecular weight is 205 g/mol. The molecule has 78 valence electrons. The summed E-state index contributed by atoms with van der Waals surface area (Å²) in [5, 5.41) is 8.88. The van der Waals surface area contributed by atoms with Gasteiger partial charge in [0.2, 0.25) is 0 Å². The van der Waals surface area contributed by atoms with E-state index >= 15 is 0 Å². The predicted octanol–water partition coefficient (Wildman–Crippen LogP) is 2.80. The van der Waals surface area contributed by atoms with E-state index in [1.807, 2.05) is 13.0 Å². The van der Waals surface area contributed by atoms with E-state index < -0.39 is 5.92 Å². The van der Waals surface area contributed by atoms with Gasteiger partial charge in [0.25, 0.3) is 0 Å². The van der Waals surface area contributed by atoms with Crippen LogP contribution in [-0.2, 0) is 4.79 Å². The maximum Gasteiger partial charge on any atom is 0.154 e. The van der Waals surface area contributed by atoms with Crippen LogP contribution in [0.4, 0.5) is 4.39 Å². The van der Waals surface area contributed by atoms with Gasteiger partial charge in [-0.1, -0.05) is 19.1 Å². The fraction of sp³-hybridized carbons (Fsp3) is 0.333. The monoisotopic (exact) mass is 205 g/mol. The number of Topliss-reactive ketones (excluding diaryl/α,β-unsaturated/α-hetero) is 1. The first-order chi connectivity index (χ1) is 7.19. The third kappa shape index (κ3) is 2.88. The number of ketones is 1. The van der Waals surface area contributed by atoms with Crippen LogP contribution in [0.1, 0.15) is 31.2 Å². The van der Waals surface area contributed by atoms with Crippen molar-refractivity contribution >= 4 is 5.78 Å². The van der Waals surface area contributed by atoms with Crippen molar-refractivity contribution in [2.45, 2.75) is 25.7 Å². The van der Waals surface area contributed by atoms with Gasteiger partial charge in [0.05, 0.1) is 6.07 Å². The van der Waals surface area contributed by atoms with E-state index in [4.69, 9.17) is 5.26 Å². The first-order valence-electron chi connectivity index (χ1n) is 4.86. The summed E-state index contributed by atoms with van der Waals surface area (Å²) in [4.78, 5) is 11.5. The van der Waals surface area contributed by atoms with Crippen LogP contribution in [0.3, 0.4) is 0 Å². The van der Waals surface area contributed by atoms with Gasteiger partial charge in [-0.15, -0.1) is 0 Å². The van der Waals surface area contributed by atoms with Crippen molar-refractivity contribution in [3.8, 4) is 6.07 Å². The number of hydrogen-bond donors (Lipinski definition) is 0. The Morgan fingerprint density at radius 2 is 2.07 bits per heavy atom. The third-order valence-corrected chi connectivity index (χ3v) is 2.15. The van der Waals surface area contributed by atoms with Crippen molar-refractivity contribution in [3.63, 3.8) is 0 Å². The minimum Gasteiger partial charge on any atom is -0.298 e. The molecule has 2 nitrogen and oxygen atoms in total. The van der Waals surface area contributed by atoms with Gasteiger partial charge in [0, 0.05) is 6.42 Å². The Kier molecular flexibility index (Phi) is 3.99. The van der Waals surface area contributed by atoms with Crippen molar-refractivity contribution in [1.29, 1.82) is 5.26 Å². The van der Waals surface area contributed by atoms with Gasteiger partial charge in [-0.25, -0.2) is 4.39 Å². The number of nitriles is 1. The zero-order valence-corrected chi connectivity index (χ0v) is 8.53. The Labute approximate surface area is 88.3 Å². The van der Waals surface area contributed by atoms with Crippen LogP contribution in [0.25, 0.3) is 0 Å². The molecule has 3 heteroatoms. The average Bonchev–Trinajstić information content (AvgIpc) is 2.22. The van der Waals surface area contributed by atoms with Crippen molar-refractivity contribution in [3.05, 3.63) is 35.6 Å². The van der Waals surface area contributed by atoms with Gasteiger partial charge >= 0.3 is 0 Å². The number of rotatable bonds is 4. The van der Waals surface area contributed by atoms with Crippen LogP contribution >= 0.6 is 0 Å². The van der Waals surface area contributed by atoms with Crippen LogP contribution in [0, 0.1) is 17.1 Å². The fourth-order valence-electron chi connectivity index (χ4n) is 1.38. The Hall–Kier alpha value is -1.69. The highest BCUT2D eigenvalue weighted by molar-refractivity contribution is 5.88. The molecular formula is C12H12FNO. The molecule has 0 bridgehead atoms. The number of benzene rings is 1. The molecule has 0 fully saturated rings. The van der Waals surface area contributed by atoms with E-state index in [1.165, 1.54) is 24.3 Å². The molecule has 0 saturated heterocycles. The first-order valence-corrected chi connectivity index (χ1v) is 4.86. The molecule has 15 heavy (non-hydrogen) atoms. The van der Waals surface area contributed by atoms with E-state index in [2.05, 4.69) is 0 Å². The minimum atomic E-state index is -0.759. The van der Waals surface area contributed by atoms with Gasteiger partial charge in [-0.3, -0.25) is 4.79 Å². The van der Waals surface area contributed by atoms with Gasteiger partial charge in [0.1, 0.15) is 11.7 Å². The van der Waals surface area contributed by atoms with E-state index in [0.29, 0.717) is 12.0 Å². The van der Waals surface area contributed by atoms with Crippen LogP contribution in [0.5, 0.6) is 0 Å². The molecule has 1 atom stereocenters. The molecule has 0 aliphatic carbocycles. The SMILES string of the molecule is CCCC(=O)C(C#N)c1ccc(F)cc1. The number of nitrogens with zero attached hydrogens (tertiary/aromatic N) is 1. The molecular weight excluding hydrogens is 193 g/mol. The third-order valence-electron chi connectivity index (χ3n) is 2.15. The van der Waals surface area contributed by atoms with E-state index in [0.717, 1.165) is 6.42 Å². The lowest BCUT2D eigenvalue weighted by molar-refractivity contribution is -0.119. The summed E-state index contributed by atoms with van der Waals surface area (Å²) in [6, 6.07) is 7.44. The maximum absolute atomic E-state index is 12.6. The molecule has 0 N–H and O–H groups in total. The predicted molar refractivity (Wildman–Crippen MR) is 54.7 cm³/mol. The molecule has 0 radical (unpaired) electrons. The Balaban J connectivity index is 2.89. The molecule has 0 amide bonds. The topological polar surface area (TPSA) is 40.9 Å². The standard InChI is InChI=1S/C12H12FNO/c1-2-3-12(15)11(8-14)9-4-6-10(13)7-5-9/h4-7,11H,2-3H2,1H3. The second kappa shape index (κ2) is 5.26. The highest BCUT2D eigenvalue weighted by Gasteiger charge is 2.18. The summed E-state index contributed by atoms with van der Waals surface area (Å²) in [6.45, 7) is 1.89. The molecule has 0 saturated carbocycles. The molecule has 1 rings (SSSR count). The van der Waals surface area contributed by atoms with Gasteiger partial charge in [0.15, 0.2) is 5.78 Å². The summed E-state index contributed by atoms with van der Waals surface area (Å²) < 4.78 is 12.6. The van der Waals surface area contributed by atoms with Gasteiger partial charge < -0.3 is 0 Å². The lowest BCUT2D eigenvalue weighted by Crippen LogP contribution is -2.10. The normalized spacial score (nSPS) is 11.8. The molecule has 1 aromatic rings. The van der Waals surface area contributed by atoms with Crippen LogP contribution < -0.4 is 0 Å². The van der Waals surface area contributed by atoms with Gasteiger partial charge in [-0.05, 0) is 24.1 Å². The quantitative estimate of drug-likeness (QED) is 0.758. The zero-order chi connectivity index (χ0) is 11.3. The summed E-state index contributed by atoms with van der Waals surface area (Å²) in [5.74, 6) is -1.23. The minimum absolute atomic E-state index is 0.105. The lowest BCUT2D eigenvalue weighted by Gasteiger charge is -2.07. The van der Waals surface area contributed by atoms with Crippen molar-refractivity contribution in [1.82, 2.24) is 0 Å². The van der Waals surface area contributed by atoms with Crippen LogP contribution in [-0.4, -0.2) is 5.78 Å². The molecule has 0 heterocycles. The number of carbonyl (C=O) groups is 1. The van der Waals surface area contributed by atoms with Crippen molar-refractivity contribution in [2.75, 3.05) is 0 Å². The summed E-state index contributed by atoms with van der Waals surface area (Å²) >= 11 is 0.